The molecule has 0 aromatic heterocycles. The predicted octanol–water partition coefficient (Wildman–Crippen LogP) is 4.18. The third-order valence-electron chi connectivity index (χ3n) is 2.73. The molecule has 1 rings (SSSR count). The molecular weight excluding hydrogens is 441 g/mol. The molecule has 0 heterocycles. The third kappa shape index (κ3) is 4.72. The van der Waals surface area contributed by atoms with E-state index in [1.165, 1.54) is 19.2 Å². The minimum atomic E-state index is -6.47. The second kappa shape index (κ2) is 8.03. The molecule has 0 amide bonds. The normalized spacial score (nSPS) is 12.8. The molecule has 0 saturated heterocycles. The van der Waals surface area contributed by atoms with E-state index in [0.717, 1.165) is 0 Å². The van der Waals surface area contributed by atoms with Crippen LogP contribution in [-0.2, 0) is 0 Å². The van der Waals surface area contributed by atoms with Crippen molar-refractivity contribution in [3.05, 3.63) is 22.2 Å². The first-order valence-corrected chi connectivity index (χ1v) is 7.23. The number of nitrogens with one attached hydrogen (secondary N) is 1. The maximum Gasteiger partial charge on any atom is 0.462 e. The minimum Gasteiger partial charge on any atom is -0.493 e. The molecule has 12 heteroatoms. The van der Waals surface area contributed by atoms with Gasteiger partial charge in [-0.05, 0) is 12.1 Å². The van der Waals surface area contributed by atoms with Gasteiger partial charge in [0.2, 0.25) is 0 Å². The number of rotatable bonds is 7. The maximum atomic E-state index is 13.1. The van der Waals surface area contributed by atoms with Gasteiger partial charge in [0.15, 0.2) is 11.5 Å². The standard InChI is InChI=1S/C14H10BrF7N2O2/c1-3-4-26-11-8(5-9(15)6-10(11)25-2)7-23-24-14(21,22)12(16,17)13(18,19)20/h1,5-7,24H,4H2,2H3/b23-7-. The van der Waals surface area contributed by atoms with Crippen LogP contribution in [0.2, 0.25) is 0 Å². The van der Waals surface area contributed by atoms with Crippen LogP contribution in [0.5, 0.6) is 11.5 Å². The Morgan fingerprint density at radius 1 is 1.23 bits per heavy atom. The van der Waals surface area contributed by atoms with E-state index in [9.17, 15) is 30.7 Å². The number of ether oxygens (including phenoxy) is 2. The van der Waals surface area contributed by atoms with E-state index in [1.807, 2.05) is 0 Å². The van der Waals surface area contributed by atoms with Crippen LogP contribution < -0.4 is 14.9 Å². The van der Waals surface area contributed by atoms with Gasteiger partial charge in [-0.1, -0.05) is 21.9 Å². The van der Waals surface area contributed by atoms with Gasteiger partial charge in [-0.3, -0.25) is 0 Å². The van der Waals surface area contributed by atoms with E-state index < -0.39 is 18.1 Å². The average molecular weight is 451 g/mol. The Bertz CT molecular complexity index is 714. The summed E-state index contributed by atoms with van der Waals surface area (Å²) in [6, 6.07) is -3.00. The molecule has 0 aliphatic heterocycles. The molecule has 1 N–H and O–H groups in total. The third-order valence-corrected chi connectivity index (χ3v) is 3.18. The molecule has 0 fully saturated rings. The van der Waals surface area contributed by atoms with Crippen LogP contribution in [0, 0.1) is 12.3 Å². The first kappa shape index (κ1) is 21.9. The van der Waals surface area contributed by atoms with E-state index in [-0.39, 0.29) is 23.7 Å². The fourth-order valence-corrected chi connectivity index (χ4v) is 1.99. The van der Waals surface area contributed by atoms with E-state index in [0.29, 0.717) is 16.1 Å². The average Bonchev–Trinajstić information content (AvgIpc) is 2.51. The van der Waals surface area contributed by atoms with Gasteiger partial charge in [0.05, 0.1) is 13.3 Å². The lowest BCUT2D eigenvalue weighted by atomic mass is 10.2. The molecule has 0 aliphatic rings. The van der Waals surface area contributed by atoms with Crippen LogP contribution in [0.4, 0.5) is 30.7 Å². The molecule has 0 atom stereocenters. The van der Waals surface area contributed by atoms with Crippen molar-refractivity contribution in [1.82, 2.24) is 5.43 Å². The lowest BCUT2D eigenvalue weighted by molar-refractivity contribution is -0.361. The van der Waals surface area contributed by atoms with Gasteiger partial charge in [0.25, 0.3) is 0 Å². The highest BCUT2D eigenvalue weighted by molar-refractivity contribution is 9.10. The molecule has 1 aromatic carbocycles. The monoisotopic (exact) mass is 450 g/mol. The molecule has 1 aromatic rings. The van der Waals surface area contributed by atoms with Crippen molar-refractivity contribution in [3.8, 4) is 23.8 Å². The van der Waals surface area contributed by atoms with Gasteiger partial charge in [0.1, 0.15) is 6.61 Å². The molecule has 4 nitrogen and oxygen atoms in total. The van der Waals surface area contributed by atoms with Gasteiger partial charge in [-0.15, -0.1) is 6.42 Å². The Labute approximate surface area is 151 Å². The highest BCUT2D eigenvalue weighted by atomic mass is 79.9. The van der Waals surface area contributed by atoms with Crippen molar-refractivity contribution in [3.63, 3.8) is 0 Å². The smallest absolute Gasteiger partial charge is 0.462 e. The summed E-state index contributed by atoms with van der Waals surface area (Å²) in [6.07, 6.45) is -0.885. The lowest BCUT2D eigenvalue weighted by Gasteiger charge is -2.27. The van der Waals surface area contributed by atoms with Crippen molar-refractivity contribution < 1.29 is 40.2 Å². The zero-order chi connectivity index (χ0) is 20.2. The maximum absolute atomic E-state index is 13.1. The number of hydrogen-bond donors (Lipinski definition) is 1. The second-order valence-electron chi connectivity index (χ2n) is 4.54. The minimum absolute atomic E-state index is 0.0786. The van der Waals surface area contributed by atoms with Gasteiger partial charge < -0.3 is 9.47 Å². The van der Waals surface area contributed by atoms with Gasteiger partial charge >= 0.3 is 18.1 Å². The Hall–Kier alpha value is -2.16. The fraction of sp³-hybridized carbons (Fsp3) is 0.357. The Kier molecular flexibility index (Phi) is 6.76. The molecule has 144 valence electrons. The van der Waals surface area contributed by atoms with Crippen LogP contribution in [0.25, 0.3) is 0 Å². The van der Waals surface area contributed by atoms with Crippen molar-refractivity contribution in [2.75, 3.05) is 13.7 Å². The molecule has 0 saturated carbocycles. The molecular formula is C14H10BrF7N2O2. The van der Waals surface area contributed by atoms with Crippen molar-refractivity contribution >= 4 is 22.1 Å². The zero-order valence-electron chi connectivity index (χ0n) is 12.8. The number of methoxy groups -OCH3 is 1. The van der Waals surface area contributed by atoms with E-state index in [4.69, 9.17) is 15.9 Å². The summed E-state index contributed by atoms with van der Waals surface area (Å²) in [5.41, 5.74) is 0.430. The summed E-state index contributed by atoms with van der Waals surface area (Å²) in [5.74, 6) is -4.20. The van der Waals surface area contributed by atoms with Gasteiger partial charge in [-0.25, -0.2) is 5.43 Å². The number of benzene rings is 1. The van der Waals surface area contributed by atoms with E-state index in [2.05, 4.69) is 27.0 Å². The quantitative estimate of drug-likeness (QED) is 0.223. The first-order valence-electron chi connectivity index (χ1n) is 6.43. The number of terminal acetylenes is 1. The summed E-state index contributed by atoms with van der Waals surface area (Å²) >= 11 is 3.07. The van der Waals surface area contributed by atoms with Crippen LogP contribution in [0.3, 0.4) is 0 Å². The lowest BCUT2D eigenvalue weighted by Crippen LogP contribution is -2.58. The Balaban J connectivity index is 3.15. The van der Waals surface area contributed by atoms with E-state index in [1.54, 1.807) is 0 Å². The summed E-state index contributed by atoms with van der Waals surface area (Å²) in [4.78, 5) is 0. The van der Waals surface area contributed by atoms with Crippen LogP contribution in [-0.4, -0.2) is 38.1 Å². The number of hydrazone groups is 1. The number of hydrogen-bond acceptors (Lipinski definition) is 4. The molecule has 0 unspecified atom stereocenters. The van der Waals surface area contributed by atoms with Crippen molar-refractivity contribution in [1.29, 1.82) is 0 Å². The van der Waals surface area contributed by atoms with Crippen LogP contribution in [0.15, 0.2) is 21.7 Å². The van der Waals surface area contributed by atoms with Crippen LogP contribution in [0.1, 0.15) is 5.56 Å². The Morgan fingerprint density at radius 2 is 1.85 bits per heavy atom. The Morgan fingerprint density at radius 3 is 2.35 bits per heavy atom. The summed E-state index contributed by atoms with van der Waals surface area (Å²) in [7, 11) is 1.25. The molecule has 0 radical (unpaired) electrons. The van der Waals surface area contributed by atoms with E-state index >= 15 is 0 Å². The first-order chi connectivity index (χ1) is 11.9. The molecule has 0 spiro atoms. The highest BCUT2D eigenvalue weighted by Gasteiger charge is 2.73. The largest absolute Gasteiger partial charge is 0.493 e. The number of halogens is 8. The molecule has 26 heavy (non-hydrogen) atoms. The second-order valence-corrected chi connectivity index (χ2v) is 5.45. The number of nitrogens with zero attached hydrogens (tertiary/aromatic N) is 1. The van der Waals surface area contributed by atoms with Gasteiger partial charge in [0, 0.05) is 10.0 Å². The molecule has 0 bridgehead atoms. The van der Waals surface area contributed by atoms with Crippen molar-refractivity contribution in [2.45, 2.75) is 18.1 Å². The fourth-order valence-electron chi connectivity index (χ4n) is 1.54. The zero-order valence-corrected chi connectivity index (χ0v) is 14.4. The number of alkyl halides is 7. The summed E-state index contributed by atoms with van der Waals surface area (Å²) in [6.45, 7) is -0.255. The summed E-state index contributed by atoms with van der Waals surface area (Å²) < 4.78 is 98.5. The van der Waals surface area contributed by atoms with Crippen molar-refractivity contribution in [2.24, 2.45) is 5.10 Å². The molecule has 0 aliphatic carbocycles. The van der Waals surface area contributed by atoms with Crippen LogP contribution >= 0.6 is 15.9 Å². The SMILES string of the molecule is C#CCOc1c(/C=N\NC(F)(F)C(F)(F)C(F)(F)F)cc(Br)cc1OC. The summed E-state index contributed by atoms with van der Waals surface area (Å²) in [5, 5.41) is 2.77. The predicted molar refractivity (Wildman–Crippen MR) is 81.7 cm³/mol. The highest BCUT2D eigenvalue weighted by Crippen LogP contribution is 2.45. The topological polar surface area (TPSA) is 42.8 Å². The van der Waals surface area contributed by atoms with Gasteiger partial charge in [-0.2, -0.15) is 35.8 Å².